The van der Waals surface area contributed by atoms with Gasteiger partial charge >= 0.3 is 5.97 Å². The first kappa shape index (κ1) is 21.7. The van der Waals surface area contributed by atoms with E-state index in [2.05, 4.69) is 9.36 Å². The average molecular weight is 447 g/mol. The van der Waals surface area contributed by atoms with E-state index in [1.807, 2.05) is 9.80 Å². The van der Waals surface area contributed by atoms with Gasteiger partial charge in [0.1, 0.15) is 17.7 Å². The van der Waals surface area contributed by atoms with Crippen molar-refractivity contribution in [3.63, 3.8) is 0 Å². The Bertz CT molecular complexity index is 920. The Labute approximate surface area is 185 Å². The van der Waals surface area contributed by atoms with Crippen molar-refractivity contribution in [2.75, 3.05) is 31.1 Å². The minimum atomic E-state index is -0.271. The lowest BCUT2D eigenvalue weighted by molar-refractivity contribution is -0.151. The first-order chi connectivity index (χ1) is 15.0. The molecule has 31 heavy (non-hydrogen) atoms. The first-order valence-electron chi connectivity index (χ1n) is 10.8. The van der Waals surface area contributed by atoms with Crippen LogP contribution >= 0.6 is 11.5 Å². The third kappa shape index (κ3) is 5.03. The molecule has 2 aliphatic rings. The SMILES string of the molecule is CCOC(=O)C1CCCN(C(=O)C2CCCN2c2nc(Cc3ccc(F)cc3)ns2)C1. The third-order valence-electron chi connectivity index (χ3n) is 5.87. The van der Waals surface area contributed by atoms with E-state index in [4.69, 9.17) is 4.74 Å². The standard InChI is InChI=1S/C22H27FN4O3S/c1-2-30-21(29)16-5-3-11-26(14-16)20(28)18-6-4-12-27(18)22-24-19(25-31-22)13-15-7-9-17(23)10-8-15/h7-10,16,18H,2-6,11-14H2,1H3. The molecule has 4 rings (SSSR count). The number of esters is 1. The van der Waals surface area contributed by atoms with Crippen LogP contribution in [-0.4, -0.2) is 58.4 Å². The van der Waals surface area contributed by atoms with Crippen LogP contribution in [0.4, 0.5) is 9.52 Å². The largest absolute Gasteiger partial charge is 0.466 e. The molecule has 1 amide bonds. The zero-order chi connectivity index (χ0) is 21.8. The van der Waals surface area contributed by atoms with Gasteiger partial charge in [0.05, 0.1) is 12.5 Å². The van der Waals surface area contributed by atoms with Gasteiger partial charge in [0.15, 0.2) is 0 Å². The summed E-state index contributed by atoms with van der Waals surface area (Å²) in [6.45, 7) is 4.01. The lowest BCUT2D eigenvalue weighted by Crippen LogP contribution is -2.50. The maximum Gasteiger partial charge on any atom is 0.310 e. The number of carbonyl (C=O) groups is 2. The highest BCUT2D eigenvalue weighted by Gasteiger charge is 2.38. The van der Waals surface area contributed by atoms with Crippen LogP contribution in [0.15, 0.2) is 24.3 Å². The number of benzene rings is 1. The van der Waals surface area contributed by atoms with Gasteiger partial charge < -0.3 is 14.5 Å². The zero-order valence-electron chi connectivity index (χ0n) is 17.6. The van der Waals surface area contributed by atoms with Crippen LogP contribution in [0.5, 0.6) is 0 Å². The number of carbonyl (C=O) groups excluding carboxylic acids is 2. The van der Waals surface area contributed by atoms with Crippen LogP contribution in [-0.2, 0) is 20.7 Å². The first-order valence-corrected chi connectivity index (χ1v) is 11.6. The van der Waals surface area contributed by atoms with Crippen LogP contribution in [0, 0.1) is 11.7 Å². The van der Waals surface area contributed by atoms with Crippen molar-refractivity contribution >= 4 is 28.5 Å². The molecule has 0 bridgehead atoms. The molecule has 2 aromatic rings. The predicted octanol–water partition coefficient (Wildman–Crippen LogP) is 3.04. The van der Waals surface area contributed by atoms with Crippen LogP contribution in [0.3, 0.4) is 0 Å². The Morgan fingerprint density at radius 3 is 2.74 bits per heavy atom. The van der Waals surface area contributed by atoms with Gasteiger partial charge in [-0.15, -0.1) is 0 Å². The number of likely N-dealkylation sites (tertiary alicyclic amines) is 1. The van der Waals surface area contributed by atoms with E-state index in [0.717, 1.165) is 42.9 Å². The Morgan fingerprint density at radius 1 is 1.19 bits per heavy atom. The summed E-state index contributed by atoms with van der Waals surface area (Å²) >= 11 is 1.29. The molecule has 166 valence electrons. The van der Waals surface area contributed by atoms with Crippen molar-refractivity contribution < 1.29 is 18.7 Å². The highest BCUT2D eigenvalue weighted by atomic mass is 32.1. The van der Waals surface area contributed by atoms with E-state index in [-0.39, 0.29) is 29.7 Å². The summed E-state index contributed by atoms with van der Waals surface area (Å²) in [7, 11) is 0. The van der Waals surface area contributed by atoms with Gasteiger partial charge in [-0.05, 0) is 50.3 Å². The maximum atomic E-state index is 13.3. The number of hydrogen-bond acceptors (Lipinski definition) is 7. The Kier molecular flexibility index (Phi) is 6.80. The third-order valence-corrected chi connectivity index (χ3v) is 6.66. The van der Waals surface area contributed by atoms with E-state index >= 15 is 0 Å². The van der Waals surface area contributed by atoms with Crippen molar-refractivity contribution in [3.8, 4) is 0 Å². The van der Waals surface area contributed by atoms with Crippen molar-refractivity contribution in [1.29, 1.82) is 0 Å². The number of rotatable bonds is 6. The van der Waals surface area contributed by atoms with E-state index in [9.17, 15) is 14.0 Å². The van der Waals surface area contributed by atoms with Crippen LogP contribution in [0.1, 0.15) is 44.0 Å². The van der Waals surface area contributed by atoms with Crippen molar-refractivity contribution in [2.24, 2.45) is 5.92 Å². The quantitative estimate of drug-likeness (QED) is 0.635. The van der Waals surface area contributed by atoms with Crippen LogP contribution < -0.4 is 4.90 Å². The van der Waals surface area contributed by atoms with Crippen molar-refractivity contribution in [1.82, 2.24) is 14.3 Å². The van der Waals surface area contributed by atoms with Gasteiger partial charge in [-0.1, -0.05) is 12.1 Å². The van der Waals surface area contributed by atoms with Gasteiger partial charge in [0.2, 0.25) is 11.0 Å². The Balaban J connectivity index is 1.42. The van der Waals surface area contributed by atoms with Gasteiger partial charge in [-0.3, -0.25) is 9.59 Å². The Hall–Kier alpha value is -2.55. The van der Waals surface area contributed by atoms with Gasteiger partial charge in [-0.2, -0.15) is 4.37 Å². The summed E-state index contributed by atoms with van der Waals surface area (Å²) in [6.07, 6.45) is 3.78. The number of anilines is 1. The molecule has 2 fully saturated rings. The lowest BCUT2D eigenvalue weighted by atomic mass is 9.97. The molecule has 2 atom stereocenters. The monoisotopic (exact) mass is 446 g/mol. The molecule has 2 aliphatic heterocycles. The summed E-state index contributed by atoms with van der Waals surface area (Å²) in [5.41, 5.74) is 0.943. The van der Waals surface area contributed by atoms with Gasteiger partial charge in [0.25, 0.3) is 0 Å². The van der Waals surface area contributed by atoms with Gasteiger partial charge in [0, 0.05) is 37.6 Å². The minimum Gasteiger partial charge on any atom is -0.466 e. The van der Waals surface area contributed by atoms with Crippen LogP contribution in [0.2, 0.25) is 0 Å². The second kappa shape index (κ2) is 9.72. The molecule has 2 unspecified atom stereocenters. The molecule has 2 saturated heterocycles. The fraction of sp³-hybridized carbons (Fsp3) is 0.545. The zero-order valence-corrected chi connectivity index (χ0v) is 18.4. The number of nitrogens with zero attached hydrogens (tertiary/aromatic N) is 4. The summed E-state index contributed by atoms with van der Waals surface area (Å²) < 4.78 is 22.7. The second-order valence-corrected chi connectivity index (χ2v) is 8.75. The fourth-order valence-electron chi connectivity index (χ4n) is 4.31. The molecule has 7 nitrogen and oxygen atoms in total. The predicted molar refractivity (Wildman–Crippen MR) is 115 cm³/mol. The number of hydrogen-bond donors (Lipinski definition) is 0. The Morgan fingerprint density at radius 2 is 1.97 bits per heavy atom. The van der Waals surface area contributed by atoms with E-state index < -0.39 is 0 Å². The average Bonchev–Trinajstić information content (AvgIpc) is 3.44. The van der Waals surface area contributed by atoms with Gasteiger partial charge in [-0.25, -0.2) is 9.37 Å². The summed E-state index contributed by atoms with van der Waals surface area (Å²) in [5.74, 6) is 0.0121. The highest BCUT2D eigenvalue weighted by Crippen LogP contribution is 2.30. The van der Waals surface area contributed by atoms with E-state index in [0.29, 0.717) is 31.9 Å². The molecule has 3 heterocycles. The smallest absolute Gasteiger partial charge is 0.310 e. The molecule has 0 spiro atoms. The normalized spacial score (nSPS) is 21.4. The molecular weight excluding hydrogens is 419 g/mol. The summed E-state index contributed by atoms with van der Waals surface area (Å²) in [5, 5.41) is 0.743. The molecule has 1 aromatic carbocycles. The van der Waals surface area contributed by atoms with Crippen molar-refractivity contribution in [3.05, 3.63) is 41.5 Å². The van der Waals surface area contributed by atoms with Crippen LogP contribution in [0.25, 0.3) is 0 Å². The van der Waals surface area contributed by atoms with Crippen molar-refractivity contribution in [2.45, 2.75) is 45.1 Å². The molecule has 1 aromatic heterocycles. The van der Waals surface area contributed by atoms with E-state index in [1.54, 1.807) is 19.1 Å². The van der Waals surface area contributed by atoms with E-state index in [1.165, 1.54) is 23.7 Å². The molecule has 0 aliphatic carbocycles. The second-order valence-electron chi connectivity index (χ2n) is 8.02. The summed E-state index contributed by atoms with van der Waals surface area (Å²) in [4.78, 5) is 33.9. The lowest BCUT2D eigenvalue weighted by Gasteiger charge is -2.35. The molecule has 0 radical (unpaired) electrons. The minimum absolute atomic E-state index is 0.0572. The molecule has 9 heteroatoms. The topological polar surface area (TPSA) is 75.6 Å². The number of halogens is 1. The number of ether oxygens (including phenoxy) is 1. The number of piperidine rings is 1. The maximum absolute atomic E-state index is 13.3. The fourth-order valence-corrected chi connectivity index (χ4v) is 5.07. The summed E-state index contributed by atoms with van der Waals surface area (Å²) in [6, 6.07) is 6.05. The molecular formula is C22H27FN4O3S. The number of aromatic nitrogens is 2. The molecule has 0 N–H and O–H groups in total. The molecule has 0 saturated carbocycles. The number of amides is 1. The highest BCUT2D eigenvalue weighted by molar-refractivity contribution is 7.09.